The van der Waals surface area contributed by atoms with Crippen molar-refractivity contribution < 1.29 is 14.3 Å². The molecule has 0 aliphatic carbocycles. The summed E-state index contributed by atoms with van der Waals surface area (Å²) >= 11 is 5.60. The van der Waals surface area contributed by atoms with Crippen LogP contribution in [0.15, 0.2) is 24.3 Å². The van der Waals surface area contributed by atoms with E-state index in [1.165, 1.54) is 9.80 Å². The number of benzene rings is 1. The summed E-state index contributed by atoms with van der Waals surface area (Å²) in [5.41, 5.74) is 0.620. The van der Waals surface area contributed by atoms with Crippen molar-refractivity contribution in [2.45, 2.75) is 6.92 Å². The summed E-state index contributed by atoms with van der Waals surface area (Å²) in [5.74, 6) is 0.0605. The zero-order valence-corrected chi connectivity index (χ0v) is 12.7. The maximum atomic E-state index is 11.9. The van der Waals surface area contributed by atoms with Gasteiger partial charge in [0.1, 0.15) is 18.2 Å². The van der Waals surface area contributed by atoms with E-state index in [0.29, 0.717) is 18.0 Å². The van der Waals surface area contributed by atoms with Crippen LogP contribution in [-0.2, 0) is 9.59 Å². The van der Waals surface area contributed by atoms with Gasteiger partial charge in [-0.2, -0.15) is 0 Å². The van der Waals surface area contributed by atoms with Gasteiger partial charge in [0.2, 0.25) is 11.8 Å². The quantitative estimate of drug-likeness (QED) is 0.752. The van der Waals surface area contributed by atoms with Crippen molar-refractivity contribution in [3.63, 3.8) is 0 Å². The largest absolute Gasteiger partial charge is 0.494 e. The molecule has 0 atom stereocenters. The molecular weight excluding hydrogens is 280 g/mol. The van der Waals surface area contributed by atoms with Gasteiger partial charge in [-0.25, -0.2) is 0 Å². The van der Waals surface area contributed by atoms with Gasteiger partial charge in [-0.1, -0.05) is 0 Å². The van der Waals surface area contributed by atoms with Crippen LogP contribution in [0.5, 0.6) is 5.75 Å². The SMILES string of the molecule is CCOc1ccc(N(CC(=O)N(C)C)C(=O)CCl)cc1. The molecule has 5 nitrogen and oxygen atoms in total. The van der Waals surface area contributed by atoms with Crippen LogP contribution in [0.25, 0.3) is 0 Å². The summed E-state index contributed by atoms with van der Waals surface area (Å²) in [7, 11) is 3.29. The molecule has 2 amide bonds. The van der Waals surface area contributed by atoms with Gasteiger partial charge in [-0.3, -0.25) is 9.59 Å². The average Bonchev–Trinajstić information content (AvgIpc) is 2.45. The lowest BCUT2D eigenvalue weighted by Gasteiger charge is -2.23. The maximum absolute atomic E-state index is 11.9. The molecule has 6 heteroatoms. The Hall–Kier alpha value is -1.75. The number of carbonyl (C=O) groups excluding carboxylic acids is 2. The third-order valence-corrected chi connectivity index (χ3v) is 2.90. The molecule has 0 bridgehead atoms. The smallest absolute Gasteiger partial charge is 0.242 e. The Labute approximate surface area is 124 Å². The number of anilines is 1. The van der Waals surface area contributed by atoms with Gasteiger partial charge in [0.25, 0.3) is 0 Å². The Morgan fingerprint density at radius 1 is 1.15 bits per heavy atom. The van der Waals surface area contributed by atoms with Crippen molar-refractivity contribution in [2.24, 2.45) is 0 Å². The normalized spacial score (nSPS) is 10.0. The number of alkyl halides is 1. The molecule has 0 spiro atoms. The van der Waals surface area contributed by atoms with Crippen LogP contribution in [0.3, 0.4) is 0 Å². The minimum Gasteiger partial charge on any atom is -0.494 e. The zero-order valence-electron chi connectivity index (χ0n) is 11.9. The first-order valence-corrected chi connectivity index (χ1v) is 6.82. The first-order chi connectivity index (χ1) is 9.49. The number of nitrogens with zero attached hydrogens (tertiary/aromatic N) is 2. The lowest BCUT2D eigenvalue weighted by atomic mass is 10.2. The number of carbonyl (C=O) groups is 2. The molecule has 1 aromatic carbocycles. The van der Waals surface area contributed by atoms with Gasteiger partial charge in [-0.05, 0) is 31.2 Å². The summed E-state index contributed by atoms with van der Waals surface area (Å²) in [5, 5.41) is 0. The van der Waals surface area contributed by atoms with E-state index in [4.69, 9.17) is 16.3 Å². The molecule has 110 valence electrons. The highest BCUT2D eigenvalue weighted by Gasteiger charge is 2.19. The topological polar surface area (TPSA) is 49.9 Å². The molecule has 0 heterocycles. The number of halogens is 1. The first kappa shape index (κ1) is 16.3. The number of likely N-dealkylation sites (N-methyl/N-ethyl adjacent to an activating group) is 1. The Morgan fingerprint density at radius 2 is 1.75 bits per heavy atom. The van der Waals surface area contributed by atoms with Crippen molar-refractivity contribution in [1.82, 2.24) is 4.90 Å². The minimum atomic E-state index is -0.314. The van der Waals surface area contributed by atoms with E-state index in [0.717, 1.165) is 0 Å². The summed E-state index contributed by atoms with van der Waals surface area (Å²) in [6, 6.07) is 6.98. The highest BCUT2D eigenvalue weighted by atomic mass is 35.5. The molecule has 0 fully saturated rings. The molecule has 0 N–H and O–H groups in total. The second-order valence-corrected chi connectivity index (χ2v) is 4.60. The lowest BCUT2D eigenvalue weighted by Crippen LogP contribution is -2.41. The van der Waals surface area contributed by atoms with Gasteiger partial charge >= 0.3 is 0 Å². The molecule has 0 aromatic heterocycles. The first-order valence-electron chi connectivity index (χ1n) is 6.29. The van der Waals surface area contributed by atoms with Gasteiger partial charge in [-0.15, -0.1) is 11.6 Å². The highest BCUT2D eigenvalue weighted by molar-refractivity contribution is 6.29. The average molecular weight is 299 g/mol. The fourth-order valence-corrected chi connectivity index (χ4v) is 1.71. The summed E-state index contributed by atoms with van der Waals surface area (Å²) in [6.45, 7) is 2.43. The number of hydrogen-bond acceptors (Lipinski definition) is 3. The predicted octanol–water partition coefficient (Wildman–Crippen LogP) is 1.75. The predicted molar refractivity (Wildman–Crippen MR) is 79.4 cm³/mol. The van der Waals surface area contributed by atoms with Crippen LogP contribution in [0.1, 0.15) is 6.92 Å². The molecule has 0 aliphatic heterocycles. The molecule has 0 aliphatic rings. The Balaban J connectivity index is 2.92. The fourth-order valence-electron chi connectivity index (χ4n) is 1.56. The van der Waals surface area contributed by atoms with Gasteiger partial charge in [0, 0.05) is 19.8 Å². The van der Waals surface area contributed by atoms with E-state index in [2.05, 4.69) is 0 Å². The van der Waals surface area contributed by atoms with Crippen LogP contribution < -0.4 is 9.64 Å². The third kappa shape index (κ3) is 4.42. The number of hydrogen-bond donors (Lipinski definition) is 0. The highest BCUT2D eigenvalue weighted by Crippen LogP contribution is 2.20. The summed E-state index contributed by atoms with van der Waals surface area (Å²) in [4.78, 5) is 26.5. The van der Waals surface area contributed by atoms with E-state index < -0.39 is 0 Å². The van der Waals surface area contributed by atoms with E-state index in [1.54, 1.807) is 38.4 Å². The molecule has 0 radical (unpaired) electrons. The van der Waals surface area contributed by atoms with E-state index in [1.807, 2.05) is 6.92 Å². The van der Waals surface area contributed by atoms with E-state index >= 15 is 0 Å². The van der Waals surface area contributed by atoms with Gasteiger partial charge in [0.15, 0.2) is 0 Å². The Kier molecular flexibility index (Phi) is 6.31. The van der Waals surface area contributed by atoms with Crippen LogP contribution in [0, 0.1) is 0 Å². The third-order valence-electron chi connectivity index (χ3n) is 2.67. The zero-order chi connectivity index (χ0) is 15.1. The number of rotatable bonds is 6. The van der Waals surface area contributed by atoms with Crippen molar-refractivity contribution in [3.8, 4) is 5.75 Å². The molecule has 1 aromatic rings. The summed E-state index contributed by atoms with van der Waals surface area (Å²) < 4.78 is 5.34. The number of amides is 2. The molecule has 0 saturated heterocycles. The van der Waals surface area contributed by atoms with Crippen LogP contribution in [0.2, 0.25) is 0 Å². The maximum Gasteiger partial charge on any atom is 0.242 e. The Morgan fingerprint density at radius 3 is 2.20 bits per heavy atom. The fraction of sp³-hybridized carbons (Fsp3) is 0.429. The van der Waals surface area contributed by atoms with Gasteiger partial charge < -0.3 is 14.5 Å². The van der Waals surface area contributed by atoms with E-state index in [-0.39, 0.29) is 24.2 Å². The van der Waals surface area contributed by atoms with Crippen LogP contribution >= 0.6 is 11.6 Å². The van der Waals surface area contributed by atoms with E-state index in [9.17, 15) is 9.59 Å². The van der Waals surface area contributed by atoms with Crippen molar-refractivity contribution in [3.05, 3.63) is 24.3 Å². The van der Waals surface area contributed by atoms with Gasteiger partial charge in [0.05, 0.1) is 6.61 Å². The second kappa shape index (κ2) is 7.75. The molecule has 0 unspecified atom stereocenters. The van der Waals surface area contributed by atoms with Crippen molar-refractivity contribution in [1.29, 1.82) is 0 Å². The second-order valence-electron chi connectivity index (χ2n) is 4.33. The molecular formula is C14H19ClN2O3. The van der Waals surface area contributed by atoms with Crippen LogP contribution in [0.4, 0.5) is 5.69 Å². The number of ether oxygens (including phenoxy) is 1. The monoisotopic (exact) mass is 298 g/mol. The molecule has 0 saturated carbocycles. The van der Waals surface area contributed by atoms with Crippen LogP contribution in [-0.4, -0.2) is 49.8 Å². The standard InChI is InChI=1S/C14H19ClN2O3/c1-4-20-12-7-5-11(6-8-12)17(13(18)9-15)10-14(19)16(2)3/h5-8H,4,9-10H2,1-3H3. The molecule has 20 heavy (non-hydrogen) atoms. The van der Waals surface area contributed by atoms with Crippen molar-refractivity contribution in [2.75, 3.05) is 38.0 Å². The summed E-state index contributed by atoms with van der Waals surface area (Å²) in [6.07, 6.45) is 0. The Bertz CT molecular complexity index is 460. The molecule has 1 rings (SSSR count). The lowest BCUT2D eigenvalue weighted by molar-refractivity contribution is -0.128. The van der Waals surface area contributed by atoms with Crippen molar-refractivity contribution >= 4 is 29.1 Å². The minimum absolute atomic E-state index is 0.0352.